The van der Waals surface area contributed by atoms with Gasteiger partial charge in [0, 0.05) is 18.8 Å². The maximum absolute atomic E-state index is 12.2. The van der Waals surface area contributed by atoms with Crippen molar-refractivity contribution < 1.29 is 9.59 Å². The van der Waals surface area contributed by atoms with E-state index in [4.69, 9.17) is 0 Å². The summed E-state index contributed by atoms with van der Waals surface area (Å²) in [5, 5.41) is 12.6. The van der Waals surface area contributed by atoms with Gasteiger partial charge in [0.25, 0.3) is 0 Å². The summed E-state index contributed by atoms with van der Waals surface area (Å²) in [5.74, 6) is -0.624. The molecule has 0 aliphatic rings. The van der Waals surface area contributed by atoms with E-state index in [1.54, 1.807) is 30.3 Å². The zero-order valence-electron chi connectivity index (χ0n) is 15.1. The largest absolute Gasteiger partial charge is 0.368 e. The normalized spacial score (nSPS) is 10.8. The number of amides is 2. The molecule has 0 atom stereocenters. The average Bonchev–Trinajstić information content (AvgIpc) is 3.08. The van der Waals surface area contributed by atoms with Crippen LogP contribution in [0.1, 0.15) is 5.56 Å². The summed E-state index contributed by atoms with van der Waals surface area (Å²) in [5.41, 5.74) is 1.42. The molecule has 0 radical (unpaired) electrons. The fourth-order valence-corrected chi connectivity index (χ4v) is 2.36. The molecule has 2 N–H and O–H groups in total. The van der Waals surface area contributed by atoms with Crippen LogP contribution in [-0.4, -0.2) is 38.7 Å². The second-order valence-electron chi connectivity index (χ2n) is 5.78. The molecule has 0 bridgehead atoms. The van der Waals surface area contributed by atoms with Gasteiger partial charge in [-0.1, -0.05) is 30.3 Å². The zero-order chi connectivity index (χ0) is 19.9. The third kappa shape index (κ3) is 4.58. The molecule has 3 aromatic rings. The van der Waals surface area contributed by atoms with Gasteiger partial charge < -0.3 is 10.6 Å². The van der Waals surface area contributed by atoms with Gasteiger partial charge in [0.15, 0.2) is 0 Å². The number of hydrogen-bond donors (Lipinski definition) is 2. The number of nitrogens with zero attached hydrogens (tertiary/aromatic N) is 4. The maximum Gasteiger partial charge on any atom is 0.368 e. The highest BCUT2D eigenvalue weighted by Gasteiger charge is 2.11. The topological polar surface area (TPSA) is 111 Å². The molecule has 28 heavy (non-hydrogen) atoms. The molecular weight excluding hydrogens is 360 g/mol. The number of carbonyl (C=O) groups excluding carboxylic acids is 2. The van der Waals surface area contributed by atoms with E-state index in [-0.39, 0.29) is 18.4 Å². The summed E-state index contributed by atoms with van der Waals surface area (Å²) >= 11 is 0. The van der Waals surface area contributed by atoms with Crippen molar-refractivity contribution in [3.8, 4) is 5.69 Å². The van der Waals surface area contributed by atoms with E-state index >= 15 is 0 Å². The van der Waals surface area contributed by atoms with Crippen LogP contribution >= 0.6 is 0 Å². The number of carbonyl (C=O) groups is 2. The molecule has 2 amide bonds. The van der Waals surface area contributed by atoms with Crippen molar-refractivity contribution in [2.45, 2.75) is 6.54 Å². The predicted octanol–water partition coefficient (Wildman–Crippen LogP) is 0.827. The van der Waals surface area contributed by atoms with Gasteiger partial charge in [-0.25, -0.2) is 4.79 Å². The molecule has 0 spiro atoms. The molecule has 3 rings (SSSR count). The molecule has 0 unspecified atom stereocenters. The highest BCUT2D eigenvalue weighted by atomic mass is 16.2. The Morgan fingerprint density at radius 1 is 1.04 bits per heavy atom. The lowest BCUT2D eigenvalue weighted by molar-refractivity contribution is -0.121. The van der Waals surface area contributed by atoms with Crippen LogP contribution in [0.2, 0.25) is 0 Å². The summed E-state index contributed by atoms with van der Waals surface area (Å²) in [7, 11) is 1.47. The molecule has 0 aliphatic heterocycles. The van der Waals surface area contributed by atoms with E-state index in [0.29, 0.717) is 11.4 Å². The first-order valence-electron chi connectivity index (χ1n) is 8.45. The number of anilines is 1. The third-order valence-corrected chi connectivity index (χ3v) is 3.82. The molecule has 1 heterocycles. The van der Waals surface area contributed by atoms with Crippen LogP contribution in [0.15, 0.2) is 65.5 Å². The Morgan fingerprint density at radius 3 is 2.43 bits per heavy atom. The third-order valence-electron chi connectivity index (χ3n) is 3.82. The van der Waals surface area contributed by atoms with Gasteiger partial charge in [0.05, 0.1) is 5.69 Å². The number of tetrazole rings is 1. The molecule has 142 valence electrons. The van der Waals surface area contributed by atoms with E-state index in [0.717, 1.165) is 14.9 Å². The Labute approximate surface area is 160 Å². The lowest BCUT2D eigenvalue weighted by Gasteiger charge is -2.04. The van der Waals surface area contributed by atoms with Crippen LogP contribution in [0.3, 0.4) is 0 Å². The van der Waals surface area contributed by atoms with Gasteiger partial charge in [-0.05, 0) is 46.3 Å². The number of hydrogen-bond acceptors (Lipinski definition) is 5. The lowest BCUT2D eigenvalue weighted by atomic mass is 10.2. The first-order valence-corrected chi connectivity index (χ1v) is 8.45. The molecule has 1 aromatic heterocycles. The summed E-state index contributed by atoms with van der Waals surface area (Å²) in [6.07, 6.45) is 3.16. The van der Waals surface area contributed by atoms with Crippen LogP contribution in [-0.2, 0) is 16.1 Å². The molecule has 9 heteroatoms. The molecule has 9 nitrogen and oxygen atoms in total. The fourth-order valence-electron chi connectivity index (χ4n) is 2.36. The van der Waals surface area contributed by atoms with Crippen molar-refractivity contribution in [1.29, 1.82) is 0 Å². The Balaban J connectivity index is 1.67. The van der Waals surface area contributed by atoms with Gasteiger partial charge in [-0.15, -0.1) is 0 Å². The van der Waals surface area contributed by atoms with E-state index in [1.165, 1.54) is 13.1 Å². The summed E-state index contributed by atoms with van der Waals surface area (Å²) < 4.78 is 2.03. The smallest absolute Gasteiger partial charge is 0.358 e. The number of benzene rings is 2. The van der Waals surface area contributed by atoms with Crippen LogP contribution < -0.4 is 16.3 Å². The highest BCUT2D eigenvalue weighted by Crippen LogP contribution is 2.11. The zero-order valence-corrected chi connectivity index (χ0v) is 15.1. The second kappa shape index (κ2) is 8.58. The van der Waals surface area contributed by atoms with Gasteiger partial charge in [0.2, 0.25) is 11.8 Å². The van der Waals surface area contributed by atoms with E-state index in [2.05, 4.69) is 21.1 Å². The maximum atomic E-state index is 12.2. The molecular formula is C19H18N6O3. The number of rotatable bonds is 6. The number of aromatic nitrogens is 4. The Kier molecular flexibility index (Phi) is 5.75. The quantitative estimate of drug-likeness (QED) is 0.617. The van der Waals surface area contributed by atoms with Crippen molar-refractivity contribution in [3.63, 3.8) is 0 Å². The first-order chi connectivity index (χ1) is 13.6. The Hall–Kier alpha value is -4.01. The number of nitrogens with one attached hydrogen (secondary N) is 2. The van der Waals surface area contributed by atoms with Crippen molar-refractivity contribution >= 4 is 23.6 Å². The average molecular weight is 378 g/mol. The van der Waals surface area contributed by atoms with Crippen molar-refractivity contribution in [3.05, 3.63) is 76.7 Å². The number of likely N-dealkylation sites (N-methyl/N-ethyl adjacent to an activating group) is 1. The van der Waals surface area contributed by atoms with Gasteiger partial charge >= 0.3 is 5.69 Å². The molecule has 2 aromatic carbocycles. The van der Waals surface area contributed by atoms with Gasteiger partial charge in [0.1, 0.15) is 6.54 Å². The van der Waals surface area contributed by atoms with Crippen molar-refractivity contribution in [2.24, 2.45) is 0 Å². The molecule has 0 saturated heterocycles. The van der Waals surface area contributed by atoms with Crippen LogP contribution in [0.5, 0.6) is 0 Å². The van der Waals surface area contributed by atoms with E-state index in [1.807, 2.05) is 30.3 Å². The first kappa shape index (κ1) is 18.8. The van der Waals surface area contributed by atoms with Crippen LogP contribution in [0, 0.1) is 0 Å². The van der Waals surface area contributed by atoms with Crippen LogP contribution in [0.4, 0.5) is 5.69 Å². The van der Waals surface area contributed by atoms with Crippen LogP contribution in [0.25, 0.3) is 11.8 Å². The SMILES string of the molecule is CNC(=O)Cn1nnn(-c2ccc(NC(=O)/C=C/c3ccccc3)cc2)c1=O. The van der Waals surface area contributed by atoms with Crippen molar-refractivity contribution in [2.75, 3.05) is 12.4 Å². The summed E-state index contributed by atoms with van der Waals surface area (Å²) in [4.78, 5) is 35.6. The standard InChI is InChI=1S/C19H18N6O3/c1-20-18(27)13-24-19(28)25(23-22-24)16-10-8-15(9-11-16)21-17(26)12-7-14-5-3-2-4-6-14/h2-12H,13H2,1H3,(H,20,27)(H,21,26)/b12-7+. The monoisotopic (exact) mass is 378 g/mol. The minimum absolute atomic E-state index is 0.211. The van der Waals surface area contributed by atoms with Gasteiger partial charge in [-0.2, -0.15) is 9.36 Å². The minimum Gasteiger partial charge on any atom is -0.358 e. The van der Waals surface area contributed by atoms with E-state index in [9.17, 15) is 14.4 Å². The highest BCUT2D eigenvalue weighted by molar-refractivity contribution is 6.01. The Morgan fingerprint density at radius 2 is 1.75 bits per heavy atom. The molecule has 0 saturated carbocycles. The second-order valence-corrected chi connectivity index (χ2v) is 5.78. The molecule has 0 fully saturated rings. The Bertz CT molecular complexity index is 1050. The summed E-state index contributed by atoms with van der Waals surface area (Å²) in [6.45, 7) is -0.211. The minimum atomic E-state index is -0.536. The van der Waals surface area contributed by atoms with E-state index < -0.39 is 5.69 Å². The summed E-state index contributed by atoms with van der Waals surface area (Å²) in [6, 6.07) is 16.0. The predicted molar refractivity (Wildman–Crippen MR) is 104 cm³/mol. The lowest BCUT2D eigenvalue weighted by Crippen LogP contribution is -2.31. The van der Waals surface area contributed by atoms with Gasteiger partial charge in [-0.3, -0.25) is 9.59 Å². The van der Waals surface area contributed by atoms with Crippen molar-refractivity contribution in [1.82, 2.24) is 25.1 Å². The molecule has 0 aliphatic carbocycles. The fraction of sp³-hybridized carbons (Fsp3) is 0.105.